The van der Waals surface area contributed by atoms with Crippen LogP contribution in [-0.2, 0) is 24.3 Å². The molecule has 0 unspecified atom stereocenters. The average Bonchev–Trinajstić information content (AvgIpc) is 2.63. The molecule has 0 saturated carbocycles. The monoisotopic (exact) mass is 398 g/mol. The number of carbonyl (C=O) groups is 1. The molecular weight excluding hydrogens is 372 g/mol. The van der Waals surface area contributed by atoms with Crippen molar-refractivity contribution in [2.75, 3.05) is 26.9 Å². The summed E-state index contributed by atoms with van der Waals surface area (Å²) >= 11 is 0. The first-order valence-corrected chi connectivity index (χ1v) is 10.1. The molecule has 1 aromatic carbocycles. The van der Waals surface area contributed by atoms with Crippen LogP contribution in [0, 0.1) is 6.92 Å². The van der Waals surface area contributed by atoms with Crippen molar-refractivity contribution in [1.29, 1.82) is 0 Å². The largest absolute Gasteiger partial charge is 0.394 e. The number of hydrogen-bond donors (Lipinski definition) is 3. The van der Waals surface area contributed by atoms with Gasteiger partial charge in [-0.05, 0) is 19.1 Å². The number of aliphatic hydroxyl groups is 1. The molecule has 1 amide bonds. The Hall–Kier alpha value is -1.78. The number of aliphatic hydroxyl groups excluding tert-OH is 1. The second-order valence-electron chi connectivity index (χ2n) is 6.29. The van der Waals surface area contributed by atoms with Crippen molar-refractivity contribution in [3.63, 3.8) is 0 Å². The predicted molar refractivity (Wildman–Crippen MR) is 99.7 cm³/mol. The molecule has 150 valence electrons. The standard InChI is InChI=1S/C18H26N2O6S/c1-13-3-6-15(7-4-13)27(23,24)20-16-8-5-14(26-17(16)12-21)11-18(22)19-9-10-25-2/h3-8,14,16-17,20-21H,9-12H2,1-2H3,(H,19,22)/t14-,16+,17-/m0/s1. The molecule has 0 aliphatic carbocycles. The summed E-state index contributed by atoms with van der Waals surface area (Å²) in [4.78, 5) is 12.0. The maximum absolute atomic E-state index is 12.5. The molecule has 1 aliphatic heterocycles. The van der Waals surface area contributed by atoms with E-state index in [1.165, 1.54) is 12.1 Å². The number of rotatable bonds is 9. The van der Waals surface area contributed by atoms with Crippen LogP contribution in [0.3, 0.4) is 0 Å². The summed E-state index contributed by atoms with van der Waals surface area (Å²) in [6, 6.07) is 5.74. The molecule has 3 N–H and O–H groups in total. The van der Waals surface area contributed by atoms with Crippen LogP contribution in [0.1, 0.15) is 12.0 Å². The van der Waals surface area contributed by atoms with Gasteiger partial charge in [-0.15, -0.1) is 0 Å². The summed E-state index contributed by atoms with van der Waals surface area (Å²) in [5.74, 6) is -0.211. The van der Waals surface area contributed by atoms with Gasteiger partial charge < -0.3 is 19.9 Å². The zero-order chi connectivity index (χ0) is 19.9. The summed E-state index contributed by atoms with van der Waals surface area (Å²) < 4.78 is 38.1. The van der Waals surface area contributed by atoms with E-state index in [2.05, 4.69) is 10.0 Å². The fourth-order valence-electron chi connectivity index (χ4n) is 2.62. The van der Waals surface area contributed by atoms with Gasteiger partial charge in [0.15, 0.2) is 0 Å². The smallest absolute Gasteiger partial charge is 0.241 e. The highest BCUT2D eigenvalue weighted by molar-refractivity contribution is 7.89. The normalized spacial score (nSPS) is 22.6. The lowest BCUT2D eigenvalue weighted by Gasteiger charge is -2.31. The first-order chi connectivity index (χ1) is 12.9. The Balaban J connectivity index is 1.99. The van der Waals surface area contributed by atoms with Crippen LogP contribution >= 0.6 is 0 Å². The summed E-state index contributed by atoms with van der Waals surface area (Å²) in [7, 11) is -2.22. The van der Waals surface area contributed by atoms with Gasteiger partial charge in [0, 0.05) is 13.7 Å². The minimum absolute atomic E-state index is 0.0775. The Morgan fingerprint density at radius 3 is 2.59 bits per heavy atom. The fraction of sp³-hybridized carbons (Fsp3) is 0.500. The second kappa shape index (κ2) is 9.95. The van der Waals surface area contributed by atoms with Gasteiger partial charge in [0.05, 0.1) is 36.7 Å². The Morgan fingerprint density at radius 2 is 1.96 bits per heavy atom. The van der Waals surface area contributed by atoms with Crippen molar-refractivity contribution in [2.45, 2.75) is 36.5 Å². The van der Waals surface area contributed by atoms with Gasteiger partial charge in [0.2, 0.25) is 15.9 Å². The van der Waals surface area contributed by atoms with E-state index in [-0.39, 0.29) is 23.8 Å². The lowest BCUT2D eigenvalue weighted by molar-refractivity contribution is -0.125. The first-order valence-electron chi connectivity index (χ1n) is 8.65. The number of amides is 1. The maximum Gasteiger partial charge on any atom is 0.241 e. The molecule has 0 bridgehead atoms. The predicted octanol–water partition coefficient (Wildman–Crippen LogP) is 0.111. The van der Waals surface area contributed by atoms with E-state index in [9.17, 15) is 18.3 Å². The first kappa shape index (κ1) is 21.5. The molecule has 0 fully saturated rings. The third-order valence-electron chi connectivity index (χ3n) is 4.10. The van der Waals surface area contributed by atoms with Gasteiger partial charge in [-0.25, -0.2) is 13.1 Å². The molecule has 27 heavy (non-hydrogen) atoms. The second-order valence-corrected chi connectivity index (χ2v) is 8.00. The van der Waals surface area contributed by atoms with Crippen LogP contribution < -0.4 is 10.0 Å². The van der Waals surface area contributed by atoms with Gasteiger partial charge in [-0.2, -0.15) is 0 Å². The Labute approximate surface area is 159 Å². The van der Waals surface area contributed by atoms with Gasteiger partial charge in [-0.3, -0.25) is 4.79 Å². The van der Waals surface area contributed by atoms with E-state index in [1.807, 2.05) is 6.92 Å². The highest BCUT2D eigenvalue weighted by Gasteiger charge is 2.31. The third kappa shape index (κ3) is 6.40. The van der Waals surface area contributed by atoms with Gasteiger partial charge in [0.25, 0.3) is 0 Å². The number of aryl methyl sites for hydroxylation is 1. The van der Waals surface area contributed by atoms with Crippen LogP contribution in [0.15, 0.2) is 41.3 Å². The van der Waals surface area contributed by atoms with Crippen LogP contribution in [0.5, 0.6) is 0 Å². The molecular formula is C18H26N2O6S. The Morgan fingerprint density at radius 1 is 1.26 bits per heavy atom. The highest BCUT2D eigenvalue weighted by Crippen LogP contribution is 2.18. The van der Waals surface area contributed by atoms with Crippen molar-refractivity contribution < 1.29 is 27.8 Å². The van der Waals surface area contributed by atoms with Crippen molar-refractivity contribution in [2.24, 2.45) is 0 Å². The fourth-order valence-corrected chi connectivity index (χ4v) is 3.84. The average molecular weight is 398 g/mol. The van der Waals surface area contributed by atoms with Crippen molar-refractivity contribution in [1.82, 2.24) is 10.0 Å². The van der Waals surface area contributed by atoms with Gasteiger partial charge >= 0.3 is 0 Å². The van der Waals surface area contributed by atoms with E-state index >= 15 is 0 Å². The number of benzene rings is 1. The Kier molecular flexibility index (Phi) is 7.93. The molecule has 0 spiro atoms. The molecule has 0 radical (unpaired) electrons. The van der Waals surface area contributed by atoms with E-state index in [4.69, 9.17) is 9.47 Å². The van der Waals surface area contributed by atoms with Crippen LogP contribution in [0.25, 0.3) is 0 Å². The molecule has 0 saturated heterocycles. The molecule has 8 nitrogen and oxygen atoms in total. The van der Waals surface area contributed by atoms with E-state index in [1.54, 1.807) is 31.4 Å². The van der Waals surface area contributed by atoms with Crippen molar-refractivity contribution in [3.05, 3.63) is 42.0 Å². The lowest BCUT2D eigenvalue weighted by atomic mass is 10.1. The van der Waals surface area contributed by atoms with Crippen LogP contribution in [0.4, 0.5) is 0 Å². The number of ether oxygens (including phenoxy) is 2. The molecule has 0 aromatic heterocycles. The molecule has 9 heteroatoms. The SMILES string of the molecule is COCCNC(=O)C[C@@H]1C=C[C@@H](NS(=O)(=O)c2ccc(C)cc2)[C@H](CO)O1. The summed E-state index contributed by atoms with van der Waals surface area (Å²) in [6.07, 6.45) is 2.00. The van der Waals surface area contributed by atoms with E-state index in [0.717, 1.165) is 5.56 Å². The zero-order valence-electron chi connectivity index (χ0n) is 15.4. The topological polar surface area (TPSA) is 114 Å². The van der Waals surface area contributed by atoms with Gasteiger partial charge in [-0.1, -0.05) is 29.8 Å². The number of carbonyl (C=O) groups excluding carboxylic acids is 1. The Bertz CT molecular complexity index is 748. The molecule has 2 rings (SSSR count). The quantitative estimate of drug-likeness (QED) is 0.402. The van der Waals surface area contributed by atoms with Crippen molar-refractivity contribution in [3.8, 4) is 0 Å². The van der Waals surface area contributed by atoms with E-state index in [0.29, 0.717) is 13.2 Å². The number of sulfonamides is 1. The minimum Gasteiger partial charge on any atom is -0.394 e. The minimum atomic E-state index is -3.76. The molecule has 1 heterocycles. The molecule has 3 atom stereocenters. The summed E-state index contributed by atoms with van der Waals surface area (Å²) in [6.45, 7) is 2.30. The highest BCUT2D eigenvalue weighted by atomic mass is 32.2. The maximum atomic E-state index is 12.5. The van der Waals surface area contributed by atoms with E-state index < -0.39 is 28.3 Å². The van der Waals surface area contributed by atoms with Gasteiger partial charge in [0.1, 0.15) is 6.10 Å². The summed E-state index contributed by atoms with van der Waals surface area (Å²) in [5, 5.41) is 12.3. The number of hydrogen-bond acceptors (Lipinski definition) is 6. The third-order valence-corrected chi connectivity index (χ3v) is 5.58. The number of nitrogens with one attached hydrogen (secondary N) is 2. The molecule has 1 aromatic rings. The lowest BCUT2D eigenvalue weighted by Crippen LogP contribution is -2.49. The number of methoxy groups -OCH3 is 1. The van der Waals surface area contributed by atoms with Crippen molar-refractivity contribution >= 4 is 15.9 Å². The zero-order valence-corrected chi connectivity index (χ0v) is 16.2. The van der Waals surface area contributed by atoms with Crippen LogP contribution in [-0.4, -0.2) is 64.5 Å². The summed E-state index contributed by atoms with van der Waals surface area (Å²) in [5.41, 5.74) is 0.953. The van der Waals surface area contributed by atoms with Crippen LogP contribution in [0.2, 0.25) is 0 Å². The molecule has 1 aliphatic rings.